The Bertz CT molecular complexity index is 247. The maximum atomic E-state index is 10.8. The number of carbonyl (C=O) groups is 1. The van der Waals surface area contributed by atoms with Crippen LogP contribution in [0.3, 0.4) is 0 Å². The fraction of sp³-hybridized carbons (Fsp3) is 0.429. The molecule has 5 heteroatoms. The maximum absolute atomic E-state index is 10.8. The van der Waals surface area contributed by atoms with Crippen LogP contribution in [0.5, 0.6) is 0 Å². The number of alkyl halides is 1. The number of nitrogens with one attached hydrogen (secondary N) is 2. The largest absolute Gasteiger partial charge is 0.348 e. The number of hydrogen-bond acceptors (Lipinski definition) is 2. The quantitative estimate of drug-likeness (QED) is 0.689. The average molecular weight is 188 g/mol. The van der Waals surface area contributed by atoms with Gasteiger partial charge in [0.15, 0.2) is 0 Å². The molecule has 1 atom stereocenters. The predicted octanol–water partition coefficient (Wildman–Crippen LogP) is 0.826. The van der Waals surface area contributed by atoms with Crippen LogP contribution in [0.15, 0.2) is 12.4 Å². The van der Waals surface area contributed by atoms with E-state index in [2.05, 4.69) is 15.5 Å². The summed E-state index contributed by atoms with van der Waals surface area (Å²) in [5, 5.41) is 9.14. The maximum Gasteiger partial charge on any atom is 0.235 e. The molecular weight excluding hydrogens is 178 g/mol. The molecule has 0 saturated heterocycles. The first-order valence-corrected chi connectivity index (χ1v) is 4.11. The van der Waals surface area contributed by atoms with Gasteiger partial charge in [0, 0.05) is 11.8 Å². The summed E-state index contributed by atoms with van der Waals surface area (Å²) in [4.78, 5) is 10.8. The molecule has 66 valence electrons. The molecule has 0 aliphatic carbocycles. The molecule has 1 aromatic heterocycles. The summed E-state index contributed by atoms with van der Waals surface area (Å²) in [5.74, 6) is -0.187. The van der Waals surface area contributed by atoms with E-state index in [9.17, 15) is 4.79 Å². The number of nitrogens with zero attached hydrogens (tertiary/aromatic N) is 1. The molecule has 0 radical (unpaired) electrons. The highest BCUT2D eigenvalue weighted by atomic mass is 35.5. The van der Waals surface area contributed by atoms with Gasteiger partial charge in [-0.25, -0.2) is 0 Å². The lowest BCUT2D eigenvalue weighted by Crippen LogP contribution is -2.27. The summed E-state index contributed by atoms with van der Waals surface area (Å²) < 4.78 is 0. The second-order valence-corrected chi connectivity index (χ2v) is 2.72. The van der Waals surface area contributed by atoms with E-state index in [1.807, 2.05) is 6.92 Å². The Hall–Kier alpha value is -1.03. The molecule has 1 unspecified atom stereocenters. The van der Waals surface area contributed by atoms with Crippen molar-refractivity contribution in [3.05, 3.63) is 18.0 Å². The first-order valence-electron chi connectivity index (χ1n) is 3.58. The number of aromatic nitrogens is 2. The van der Waals surface area contributed by atoms with Crippen molar-refractivity contribution in [1.82, 2.24) is 15.5 Å². The topological polar surface area (TPSA) is 57.8 Å². The Morgan fingerprint density at radius 2 is 2.67 bits per heavy atom. The highest BCUT2D eigenvalue weighted by Gasteiger charge is 2.08. The van der Waals surface area contributed by atoms with Crippen LogP contribution in [0.25, 0.3) is 0 Å². The summed E-state index contributed by atoms with van der Waals surface area (Å²) in [6, 6.07) is -0.0463. The van der Waals surface area contributed by atoms with E-state index in [1.165, 1.54) is 0 Å². The number of H-pyrrole nitrogens is 1. The third-order valence-electron chi connectivity index (χ3n) is 1.52. The van der Waals surface area contributed by atoms with Crippen LogP contribution in [-0.2, 0) is 4.79 Å². The zero-order valence-corrected chi connectivity index (χ0v) is 7.43. The molecule has 1 amide bonds. The molecule has 1 aromatic rings. The fourth-order valence-corrected chi connectivity index (χ4v) is 0.938. The number of carbonyl (C=O) groups excluding carboxylic acids is 1. The molecular formula is C7H10ClN3O. The Morgan fingerprint density at radius 1 is 1.92 bits per heavy atom. The summed E-state index contributed by atoms with van der Waals surface area (Å²) in [6.07, 6.45) is 3.40. The van der Waals surface area contributed by atoms with Gasteiger partial charge in [0.25, 0.3) is 0 Å². The average Bonchev–Trinajstić information content (AvgIpc) is 2.56. The summed E-state index contributed by atoms with van der Waals surface area (Å²) in [7, 11) is 0. The third kappa shape index (κ3) is 2.23. The van der Waals surface area contributed by atoms with E-state index in [-0.39, 0.29) is 17.8 Å². The van der Waals surface area contributed by atoms with E-state index >= 15 is 0 Å². The van der Waals surface area contributed by atoms with Gasteiger partial charge in [0.2, 0.25) is 5.91 Å². The third-order valence-corrected chi connectivity index (χ3v) is 1.76. The Balaban J connectivity index is 2.49. The molecule has 0 bridgehead atoms. The van der Waals surface area contributed by atoms with Crippen molar-refractivity contribution in [3.63, 3.8) is 0 Å². The highest BCUT2D eigenvalue weighted by molar-refractivity contribution is 6.27. The van der Waals surface area contributed by atoms with Gasteiger partial charge in [-0.3, -0.25) is 9.89 Å². The van der Waals surface area contributed by atoms with Crippen LogP contribution < -0.4 is 5.32 Å². The summed E-state index contributed by atoms with van der Waals surface area (Å²) in [5.41, 5.74) is 0.938. The van der Waals surface area contributed by atoms with Gasteiger partial charge in [0.05, 0.1) is 12.2 Å². The lowest BCUT2D eigenvalue weighted by Gasteiger charge is -2.09. The van der Waals surface area contributed by atoms with Gasteiger partial charge in [-0.1, -0.05) is 0 Å². The van der Waals surface area contributed by atoms with Crippen molar-refractivity contribution in [1.29, 1.82) is 0 Å². The van der Waals surface area contributed by atoms with Crippen LogP contribution >= 0.6 is 11.6 Å². The van der Waals surface area contributed by atoms with Crippen LogP contribution in [0.1, 0.15) is 18.5 Å². The van der Waals surface area contributed by atoms with Crippen LogP contribution in [-0.4, -0.2) is 22.0 Å². The van der Waals surface area contributed by atoms with Gasteiger partial charge in [-0.2, -0.15) is 5.10 Å². The summed E-state index contributed by atoms with van der Waals surface area (Å²) >= 11 is 5.32. The minimum Gasteiger partial charge on any atom is -0.348 e. The lowest BCUT2D eigenvalue weighted by atomic mass is 10.2. The lowest BCUT2D eigenvalue weighted by molar-refractivity contribution is -0.119. The van der Waals surface area contributed by atoms with E-state index in [1.54, 1.807) is 12.4 Å². The molecule has 0 aromatic carbocycles. The van der Waals surface area contributed by atoms with Gasteiger partial charge in [0.1, 0.15) is 5.88 Å². The van der Waals surface area contributed by atoms with Crippen molar-refractivity contribution in [2.75, 3.05) is 5.88 Å². The zero-order valence-electron chi connectivity index (χ0n) is 6.67. The molecule has 0 spiro atoms. The smallest absolute Gasteiger partial charge is 0.235 e. The van der Waals surface area contributed by atoms with E-state index in [0.29, 0.717) is 0 Å². The molecule has 12 heavy (non-hydrogen) atoms. The Labute approximate surface area is 75.3 Å². The van der Waals surface area contributed by atoms with Crippen molar-refractivity contribution >= 4 is 17.5 Å². The molecule has 0 aliphatic rings. The Morgan fingerprint density at radius 3 is 3.17 bits per heavy atom. The first-order chi connectivity index (χ1) is 5.74. The van der Waals surface area contributed by atoms with Crippen molar-refractivity contribution < 1.29 is 4.79 Å². The van der Waals surface area contributed by atoms with Gasteiger partial charge < -0.3 is 5.32 Å². The minimum atomic E-state index is -0.176. The van der Waals surface area contributed by atoms with Crippen LogP contribution in [0.4, 0.5) is 0 Å². The number of halogens is 1. The normalized spacial score (nSPS) is 12.5. The molecule has 4 nitrogen and oxygen atoms in total. The van der Waals surface area contributed by atoms with Gasteiger partial charge >= 0.3 is 0 Å². The molecule has 1 rings (SSSR count). The van der Waals surface area contributed by atoms with Crippen molar-refractivity contribution in [3.8, 4) is 0 Å². The number of hydrogen-bond donors (Lipinski definition) is 2. The molecule has 0 aliphatic heterocycles. The van der Waals surface area contributed by atoms with E-state index in [0.717, 1.165) is 5.56 Å². The number of amides is 1. The predicted molar refractivity (Wildman–Crippen MR) is 45.9 cm³/mol. The molecule has 0 fully saturated rings. The van der Waals surface area contributed by atoms with Gasteiger partial charge in [-0.15, -0.1) is 11.6 Å². The number of rotatable bonds is 3. The fourth-order valence-electron chi connectivity index (χ4n) is 0.861. The number of aromatic amines is 1. The SMILES string of the molecule is CC(NC(=O)CCl)c1cn[nH]c1. The molecule has 0 saturated carbocycles. The Kier molecular flexibility index (Phi) is 3.10. The summed E-state index contributed by atoms with van der Waals surface area (Å²) in [6.45, 7) is 1.87. The molecule has 2 N–H and O–H groups in total. The zero-order chi connectivity index (χ0) is 8.97. The van der Waals surface area contributed by atoms with Crippen molar-refractivity contribution in [2.24, 2.45) is 0 Å². The molecule has 1 heterocycles. The second kappa shape index (κ2) is 4.11. The first kappa shape index (κ1) is 9.06. The van der Waals surface area contributed by atoms with Gasteiger partial charge in [-0.05, 0) is 6.92 Å². The van der Waals surface area contributed by atoms with E-state index < -0.39 is 0 Å². The monoisotopic (exact) mass is 187 g/mol. The second-order valence-electron chi connectivity index (χ2n) is 2.45. The van der Waals surface area contributed by atoms with Crippen molar-refractivity contribution in [2.45, 2.75) is 13.0 Å². The van der Waals surface area contributed by atoms with E-state index in [4.69, 9.17) is 11.6 Å². The van der Waals surface area contributed by atoms with Crippen LogP contribution in [0, 0.1) is 0 Å². The van der Waals surface area contributed by atoms with Crippen LogP contribution in [0.2, 0.25) is 0 Å². The minimum absolute atomic E-state index is 0.0117. The standard InChI is InChI=1S/C7H10ClN3O/c1-5(11-7(12)2-8)6-3-9-10-4-6/h3-5H,2H2,1H3,(H,9,10)(H,11,12). The highest BCUT2D eigenvalue weighted by Crippen LogP contribution is 2.08.